The van der Waals surface area contributed by atoms with Crippen molar-refractivity contribution < 1.29 is 0 Å². The number of rotatable bonds is 2. The molecule has 0 fully saturated rings. The topological polar surface area (TPSA) is 95.2 Å². The molecule has 0 aliphatic heterocycles. The van der Waals surface area contributed by atoms with Crippen molar-refractivity contribution in [2.45, 2.75) is 0 Å². The van der Waals surface area contributed by atoms with Crippen LogP contribution >= 0.6 is 0 Å². The molecule has 0 saturated heterocycles. The van der Waals surface area contributed by atoms with Crippen molar-refractivity contribution in [3.8, 4) is 46.5 Å². The maximum atomic E-state index is 10.6. The van der Waals surface area contributed by atoms with Gasteiger partial charge in [0.05, 0.1) is 46.5 Å². The van der Waals surface area contributed by atoms with Crippen molar-refractivity contribution in [2.75, 3.05) is 0 Å². The van der Waals surface area contributed by atoms with E-state index >= 15 is 0 Å². The minimum atomic E-state index is 0.421. The molecule has 0 heterocycles. The van der Waals surface area contributed by atoms with Gasteiger partial charge in [-0.1, -0.05) is 91.0 Å². The van der Waals surface area contributed by atoms with Gasteiger partial charge in [-0.25, -0.2) is 0 Å². The van der Waals surface area contributed by atoms with E-state index in [0.717, 1.165) is 92.3 Å². The van der Waals surface area contributed by atoms with Crippen LogP contribution in [0.5, 0.6) is 0 Å². The van der Waals surface area contributed by atoms with Crippen LogP contribution in [0.15, 0.2) is 121 Å². The molecule has 4 heteroatoms. The van der Waals surface area contributed by atoms with Gasteiger partial charge in [0.1, 0.15) is 0 Å². The summed E-state index contributed by atoms with van der Waals surface area (Å²) in [5, 5.41) is 55.8. The normalized spacial score (nSPS) is 11.5. The third-order valence-corrected chi connectivity index (χ3v) is 10.5. The number of fused-ring (bicyclic) bond motifs is 8. The summed E-state index contributed by atoms with van der Waals surface area (Å²) in [5.74, 6) is 0. The molecule has 0 amide bonds. The van der Waals surface area contributed by atoms with Gasteiger partial charge in [0.2, 0.25) is 0 Å². The number of nitriles is 4. The first kappa shape index (κ1) is 27.6. The van der Waals surface area contributed by atoms with Gasteiger partial charge >= 0.3 is 0 Å². The molecule has 0 aliphatic rings. The Labute approximate surface area is 285 Å². The number of nitrogens with zero attached hydrogens (tertiary/aromatic N) is 4. The fraction of sp³-hybridized carbons (Fsp3) is 0. The molecule has 0 saturated carbocycles. The van der Waals surface area contributed by atoms with Crippen LogP contribution in [0.4, 0.5) is 0 Å². The van der Waals surface area contributed by atoms with Crippen LogP contribution in [0.1, 0.15) is 22.3 Å². The lowest BCUT2D eigenvalue weighted by molar-refractivity contribution is 1.45. The summed E-state index contributed by atoms with van der Waals surface area (Å²) in [7, 11) is 0. The van der Waals surface area contributed by atoms with Crippen molar-refractivity contribution in [1.82, 2.24) is 0 Å². The molecule has 0 unspecified atom stereocenters. The van der Waals surface area contributed by atoms with Crippen LogP contribution in [0, 0.1) is 45.3 Å². The monoisotopic (exact) mass is 628 g/mol. The van der Waals surface area contributed by atoms with Crippen molar-refractivity contribution in [3.63, 3.8) is 0 Å². The van der Waals surface area contributed by atoms with E-state index in [1.54, 1.807) is 24.3 Å². The van der Waals surface area contributed by atoms with Gasteiger partial charge in [-0.3, -0.25) is 0 Å². The fourth-order valence-electron chi connectivity index (χ4n) is 8.54. The molecule has 10 rings (SSSR count). The fourth-order valence-corrected chi connectivity index (χ4v) is 8.54. The molecule has 4 nitrogen and oxygen atoms in total. The maximum Gasteiger partial charge on any atom is 0.0998 e. The van der Waals surface area contributed by atoms with E-state index in [1.807, 2.05) is 12.1 Å². The SMILES string of the molecule is N#Cc1ccc(-c2c3cc4c5ccccc5c5cccc(c3c(-c3ccc(C#N)cc3C#N)c3c6cccc7cccc(c23)c76)c54)c(C#N)c1. The molecular formula is C46H20N4. The zero-order valence-electron chi connectivity index (χ0n) is 26.3. The van der Waals surface area contributed by atoms with Crippen LogP contribution < -0.4 is 0 Å². The predicted molar refractivity (Wildman–Crippen MR) is 201 cm³/mol. The standard InChI is InChI=1S/C46H20N4/c47-21-25-14-16-30(28(18-25)23-49)42-39-20-38-33-9-2-1-8-32(33)34-10-5-13-37(41(34)38)43(39)44(31-17-15-26(22-48)19-29(31)24-50)46-36-12-4-7-27-6-3-11-35(40(27)36)45(42)46/h1-20H. The van der Waals surface area contributed by atoms with Crippen LogP contribution in [0.2, 0.25) is 0 Å². The zero-order chi connectivity index (χ0) is 33.7. The number of hydrogen-bond acceptors (Lipinski definition) is 4. The smallest absolute Gasteiger partial charge is 0.0998 e. The Kier molecular flexibility index (Phi) is 5.52. The largest absolute Gasteiger partial charge is 0.192 e. The van der Waals surface area contributed by atoms with Gasteiger partial charge in [-0.2, -0.15) is 21.0 Å². The van der Waals surface area contributed by atoms with E-state index in [4.69, 9.17) is 0 Å². The molecule has 0 spiro atoms. The van der Waals surface area contributed by atoms with Crippen molar-refractivity contribution >= 4 is 75.4 Å². The van der Waals surface area contributed by atoms with Gasteiger partial charge in [-0.15, -0.1) is 0 Å². The average Bonchev–Trinajstić information content (AvgIpc) is 3.68. The lowest BCUT2D eigenvalue weighted by Crippen LogP contribution is -1.95. The summed E-state index contributed by atoms with van der Waals surface area (Å²) in [5.41, 5.74) is 5.04. The lowest BCUT2D eigenvalue weighted by atomic mass is 9.82. The maximum absolute atomic E-state index is 10.6. The molecule has 0 bridgehead atoms. The highest BCUT2D eigenvalue weighted by atomic mass is 14.3. The summed E-state index contributed by atoms with van der Waals surface area (Å²) in [6, 6.07) is 49.8. The Hall–Kier alpha value is -7.50. The molecule has 50 heavy (non-hydrogen) atoms. The minimum absolute atomic E-state index is 0.421. The number of benzene rings is 8. The van der Waals surface area contributed by atoms with E-state index < -0.39 is 0 Å². The molecule has 0 radical (unpaired) electrons. The van der Waals surface area contributed by atoms with E-state index in [2.05, 4.69) is 109 Å². The van der Waals surface area contributed by atoms with E-state index in [0.29, 0.717) is 22.3 Å². The Morgan fingerprint density at radius 2 is 0.820 bits per heavy atom. The van der Waals surface area contributed by atoms with Crippen LogP contribution in [-0.4, -0.2) is 0 Å². The summed E-state index contributed by atoms with van der Waals surface area (Å²) < 4.78 is 0. The van der Waals surface area contributed by atoms with Gasteiger partial charge in [0.25, 0.3) is 0 Å². The summed E-state index contributed by atoms with van der Waals surface area (Å²) in [6.45, 7) is 0. The molecule has 0 aromatic heterocycles. The van der Waals surface area contributed by atoms with Gasteiger partial charge < -0.3 is 0 Å². The third kappa shape index (κ3) is 3.44. The molecule has 0 atom stereocenters. The third-order valence-electron chi connectivity index (χ3n) is 10.5. The Morgan fingerprint density at radius 3 is 1.42 bits per heavy atom. The van der Waals surface area contributed by atoms with Crippen molar-refractivity contribution in [2.24, 2.45) is 0 Å². The summed E-state index contributed by atoms with van der Waals surface area (Å²) >= 11 is 0. The highest BCUT2D eigenvalue weighted by Gasteiger charge is 2.28. The zero-order valence-corrected chi connectivity index (χ0v) is 26.3. The van der Waals surface area contributed by atoms with Crippen LogP contribution in [0.3, 0.4) is 0 Å². The van der Waals surface area contributed by atoms with E-state index in [9.17, 15) is 21.0 Å². The lowest BCUT2D eigenvalue weighted by Gasteiger charge is -2.20. The predicted octanol–water partition coefficient (Wildman–Crippen LogP) is 11.5. The van der Waals surface area contributed by atoms with E-state index in [1.165, 1.54) is 5.39 Å². The number of hydrogen-bond donors (Lipinski definition) is 0. The second-order valence-corrected chi connectivity index (χ2v) is 12.8. The molecule has 0 aliphatic carbocycles. The molecule has 10 aromatic carbocycles. The first-order chi connectivity index (χ1) is 24.6. The highest BCUT2D eigenvalue weighted by Crippen LogP contribution is 2.55. The van der Waals surface area contributed by atoms with Crippen molar-refractivity contribution in [1.29, 1.82) is 21.0 Å². The van der Waals surface area contributed by atoms with Crippen LogP contribution in [0.25, 0.3) is 97.7 Å². The van der Waals surface area contributed by atoms with E-state index in [-0.39, 0.29) is 0 Å². The molecule has 0 N–H and O–H groups in total. The second-order valence-electron chi connectivity index (χ2n) is 12.8. The first-order valence-electron chi connectivity index (χ1n) is 16.3. The second kappa shape index (κ2) is 10.0. The minimum Gasteiger partial charge on any atom is -0.192 e. The Bertz CT molecular complexity index is 3300. The quantitative estimate of drug-likeness (QED) is 0.178. The Balaban J connectivity index is 1.60. The Morgan fingerprint density at radius 1 is 0.320 bits per heavy atom. The van der Waals surface area contributed by atoms with Crippen molar-refractivity contribution in [3.05, 3.63) is 144 Å². The van der Waals surface area contributed by atoms with Crippen LogP contribution in [-0.2, 0) is 0 Å². The van der Waals surface area contributed by atoms with Gasteiger partial charge in [0, 0.05) is 11.1 Å². The van der Waals surface area contributed by atoms with Gasteiger partial charge in [-0.05, 0) is 117 Å². The average molecular weight is 629 g/mol. The highest BCUT2D eigenvalue weighted by molar-refractivity contribution is 6.45. The molecular weight excluding hydrogens is 609 g/mol. The summed E-state index contributed by atoms with van der Waals surface area (Å²) in [4.78, 5) is 0. The molecule has 10 aromatic rings. The first-order valence-corrected chi connectivity index (χ1v) is 16.3. The molecule has 224 valence electrons. The van der Waals surface area contributed by atoms with Gasteiger partial charge in [0.15, 0.2) is 0 Å². The summed E-state index contributed by atoms with van der Waals surface area (Å²) in [6.07, 6.45) is 0.